The number of rotatable bonds is 2. The summed E-state index contributed by atoms with van der Waals surface area (Å²) in [5.41, 5.74) is 5.38. The van der Waals surface area contributed by atoms with E-state index in [1.54, 1.807) is 0 Å². The number of anilines is 1. The summed E-state index contributed by atoms with van der Waals surface area (Å²) in [6.07, 6.45) is 4.81. The van der Waals surface area contributed by atoms with Crippen LogP contribution in [0, 0.1) is 5.92 Å². The number of nitrogens with one attached hydrogen (secondary N) is 1. The molecule has 1 saturated carbocycles. The summed E-state index contributed by atoms with van der Waals surface area (Å²) >= 11 is 0. The zero-order valence-electron chi connectivity index (χ0n) is 11.3. The van der Waals surface area contributed by atoms with Gasteiger partial charge in [-0.3, -0.25) is 5.43 Å². The van der Waals surface area contributed by atoms with Crippen molar-refractivity contribution in [3.8, 4) is 0 Å². The van der Waals surface area contributed by atoms with E-state index in [-0.39, 0.29) is 0 Å². The van der Waals surface area contributed by atoms with Crippen molar-refractivity contribution in [2.75, 3.05) is 5.43 Å². The van der Waals surface area contributed by atoms with Gasteiger partial charge in [-0.05, 0) is 49.8 Å². The molecule has 98 valence electrons. The number of hydrazone groups is 1. The molecule has 1 N–H and O–H groups in total. The Kier molecular flexibility index (Phi) is 3.45. The van der Waals surface area contributed by atoms with Crippen molar-refractivity contribution < 1.29 is 0 Å². The molecule has 1 aliphatic rings. The number of benzene rings is 1. The van der Waals surface area contributed by atoms with Gasteiger partial charge in [0.1, 0.15) is 5.82 Å². The maximum absolute atomic E-state index is 4.56. The van der Waals surface area contributed by atoms with E-state index in [1.165, 1.54) is 18.6 Å². The van der Waals surface area contributed by atoms with Gasteiger partial charge in [0, 0.05) is 11.1 Å². The van der Waals surface area contributed by atoms with Gasteiger partial charge in [-0.15, -0.1) is 0 Å². The first-order valence-electron chi connectivity index (χ1n) is 6.98. The van der Waals surface area contributed by atoms with Crippen LogP contribution in [0.3, 0.4) is 0 Å². The number of fused-ring (bicyclic) bond motifs is 1. The fourth-order valence-electron chi connectivity index (χ4n) is 2.63. The molecule has 3 heteroatoms. The van der Waals surface area contributed by atoms with Gasteiger partial charge in [-0.1, -0.05) is 25.1 Å². The van der Waals surface area contributed by atoms with Crippen LogP contribution in [0.2, 0.25) is 0 Å². The lowest BCUT2D eigenvalue weighted by Gasteiger charge is -2.19. The second kappa shape index (κ2) is 5.39. The topological polar surface area (TPSA) is 37.3 Å². The molecule has 19 heavy (non-hydrogen) atoms. The molecular formula is C16H19N3. The third-order valence-corrected chi connectivity index (χ3v) is 3.67. The lowest BCUT2D eigenvalue weighted by atomic mass is 9.89. The maximum Gasteiger partial charge on any atom is 0.146 e. The number of hydrogen-bond acceptors (Lipinski definition) is 3. The summed E-state index contributed by atoms with van der Waals surface area (Å²) in [4.78, 5) is 4.56. The van der Waals surface area contributed by atoms with Gasteiger partial charge in [0.05, 0.1) is 5.52 Å². The first-order chi connectivity index (χ1) is 9.31. The lowest BCUT2D eigenvalue weighted by molar-refractivity contribution is 0.500. The molecule has 1 aliphatic carbocycles. The number of para-hydroxylation sites is 1. The number of aromatic nitrogens is 1. The molecule has 0 radical (unpaired) electrons. The van der Waals surface area contributed by atoms with Gasteiger partial charge in [-0.2, -0.15) is 5.10 Å². The van der Waals surface area contributed by atoms with E-state index in [0.29, 0.717) is 0 Å². The molecule has 0 spiro atoms. The van der Waals surface area contributed by atoms with E-state index in [1.807, 2.05) is 24.3 Å². The quantitative estimate of drug-likeness (QED) is 0.814. The highest BCUT2D eigenvalue weighted by Crippen LogP contribution is 2.21. The normalized spacial score (nSPS) is 21.7. The monoisotopic (exact) mass is 253 g/mol. The van der Waals surface area contributed by atoms with Crippen LogP contribution < -0.4 is 5.43 Å². The predicted molar refractivity (Wildman–Crippen MR) is 80.4 cm³/mol. The van der Waals surface area contributed by atoms with Gasteiger partial charge in [0.25, 0.3) is 0 Å². The van der Waals surface area contributed by atoms with Crippen molar-refractivity contribution >= 4 is 22.4 Å². The summed E-state index contributed by atoms with van der Waals surface area (Å²) in [6, 6.07) is 12.2. The zero-order valence-corrected chi connectivity index (χ0v) is 11.3. The van der Waals surface area contributed by atoms with Crippen molar-refractivity contribution in [3.63, 3.8) is 0 Å². The van der Waals surface area contributed by atoms with Crippen LogP contribution >= 0.6 is 0 Å². The van der Waals surface area contributed by atoms with E-state index in [9.17, 15) is 0 Å². The van der Waals surface area contributed by atoms with Crippen molar-refractivity contribution in [3.05, 3.63) is 36.4 Å². The summed E-state index contributed by atoms with van der Waals surface area (Å²) in [5.74, 6) is 1.59. The minimum atomic E-state index is 0.763. The first kappa shape index (κ1) is 12.2. The molecule has 1 aromatic heterocycles. The lowest BCUT2D eigenvalue weighted by Crippen LogP contribution is -2.14. The number of hydrogen-bond donors (Lipinski definition) is 1. The van der Waals surface area contributed by atoms with E-state index in [0.717, 1.165) is 35.5 Å². The minimum Gasteiger partial charge on any atom is -0.261 e. The van der Waals surface area contributed by atoms with Crippen molar-refractivity contribution in [1.29, 1.82) is 0 Å². The minimum absolute atomic E-state index is 0.763. The fourth-order valence-corrected chi connectivity index (χ4v) is 2.63. The van der Waals surface area contributed by atoms with Crippen LogP contribution in [0.25, 0.3) is 10.9 Å². The number of pyridine rings is 1. The molecule has 1 fully saturated rings. The molecule has 2 aromatic rings. The van der Waals surface area contributed by atoms with Crippen molar-refractivity contribution in [1.82, 2.24) is 4.98 Å². The molecule has 3 nitrogen and oxygen atoms in total. The molecular weight excluding hydrogens is 234 g/mol. The Morgan fingerprint density at radius 1 is 1.21 bits per heavy atom. The largest absolute Gasteiger partial charge is 0.261 e. The van der Waals surface area contributed by atoms with Gasteiger partial charge in [0.2, 0.25) is 0 Å². The van der Waals surface area contributed by atoms with Crippen LogP contribution in [-0.4, -0.2) is 10.7 Å². The summed E-state index contributed by atoms with van der Waals surface area (Å²) in [6.45, 7) is 2.29. The van der Waals surface area contributed by atoms with Gasteiger partial charge >= 0.3 is 0 Å². The second-order valence-corrected chi connectivity index (χ2v) is 5.38. The van der Waals surface area contributed by atoms with E-state index >= 15 is 0 Å². The average Bonchev–Trinajstić information content (AvgIpc) is 2.45. The average molecular weight is 253 g/mol. The molecule has 1 aromatic carbocycles. The molecule has 0 amide bonds. The van der Waals surface area contributed by atoms with Crippen LogP contribution in [-0.2, 0) is 0 Å². The van der Waals surface area contributed by atoms with Crippen LogP contribution in [0.5, 0.6) is 0 Å². The Balaban J connectivity index is 1.76. The first-order valence-corrected chi connectivity index (χ1v) is 6.98. The molecule has 0 aliphatic heterocycles. The molecule has 1 atom stereocenters. The van der Waals surface area contributed by atoms with Gasteiger partial charge in [0.15, 0.2) is 0 Å². The van der Waals surface area contributed by atoms with Crippen LogP contribution in [0.1, 0.15) is 32.6 Å². The van der Waals surface area contributed by atoms with Crippen molar-refractivity contribution in [2.24, 2.45) is 11.0 Å². The third kappa shape index (κ3) is 2.92. The third-order valence-electron chi connectivity index (χ3n) is 3.67. The summed E-state index contributed by atoms with van der Waals surface area (Å²) < 4.78 is 0. The highest BCUT2D eigenvalue weighted by atomic mass is 15.3. The molecule has 3 rings (SSSR count). The zero-order chi connectivity index (χ0) is 13.1. The number of nitrogens with zero attached hydrogens (tertiary/aromatic N) is 2. The molecule has 0 saturated heterocycles. The second-order valence-electron chi connectivity index (χ2n) is 5.38. The van der Waals surface area contributed by atoms with Gasteiger partial charge < -0.3 is 0 Å². The van der Waals surface area contributed by atoms with E-state index in [4.69, 9.17) is 0 Å². The summed E-state index contributed by atoms with van der Waals surface area (Å²) in [7, 11) is 0. The Hall–Kier alpha value is -1.90. The SMILES string of the molecule is C[C@@H]1CCC/C(=N/Nc2ccc3ccccc3n2)C1. The molecule has 1 heterocycles. The highest BCUT2D eigenvalue weighted by molar-refractivity contribution is 5.86. The smallest absolute Gasteiger partial charge is 0.146 e. The van der Waals surface area contributed by atoms with Crippen molar-refractivity contribution in [2.45, 2.75) is 32.6 Å². The Morgan fingerprint density at radius 3 is 3.00 bits per heavy atom. The maximum atomic E-state index is 4.56. The van der Waals surface area contributed by atoms with Crippen LogP contribution in [0.4, 0.5) is 5.82 Å². The Morgan fingerprint density at radius 2 is 2.11 bits per heavy atom. The van der Waals surface area contributed by atoms with E-state index < -0.39 is 0 Å². The Bertz CT molecular complexity index is 604. The molecule has 0 unspecified atom stereocenters. The highest BCUT2D eigenvalue weighted by Gasteiger charge is 2.13. The predicted octanol–water partition coefficient (Wildman–Crippen LogP) is 4.21. The summed E-state index contributed by atoms with van der Waals surface area (Å²) in [5, 5.41) is 5.67. The van der Waals surface area contributed by atoms with Crippen LogP contribution in [0.15, 0.2) is 41.5 Å². The standard InChI is InChI=1S/C16H19N3/c1-12-5-4-7-14(11-12)18-19-16-10-9-13-6-2-3-8-15(13)17-16/h2-3,6,8-10,12H,4-5,7,11H2,1H3,(H,17,19)/b18-14-/t12-/m1/s1. The fraction of sp³-hybridized carbons (Fsp3) is 0.375. The van der Waals surface area contributed by atoms with E-state index in [2.05, 4.69) is 34.6 Å². The van der Waals surface area contributed by atoms with Gasteiger partial charge in [-0.25, -0.2) is 4.98 Å². The molecule has 0 bridgehead atoms. The Labute approximate surface area is 113 Å².